The van der Waals surface area contributed by atoms with Crippen LogP contribution in [-0.2, 0) is 0 Å². The summed E-state index contributed by atoms with van der Waals surface area (Å²) < 4.78 is 4.94. The molecule has 0 bridgehead atoms. The molecule has 0 N–H and O–H groups in total. The van der Waals surface area contributed by atoms with Crippen molar-refractivity contribution in [3.8, 4) is 16.6 Å². The van der Waals surface area contributed by atoms with Crippen LogP contribution < -0.4 is 0 Å². The number of aromatic nitrogens is 1. The van der Waals surface area contributed by atoms with E-state index in [1.165, 1.54) is 11.3 Å². The van der Waals surface area contributed by atoms with E-state index in [-0.39, 0.29) is 0 Å². The first kappa shape index (κ1) is 8.02. The Bertz CT molecular complexity index is 464. The molecule has 0 saturated heterocycles. The Morgan fingerprint density at radius 3 is 2.92 bits per heavy atom. The molecule has 2 heterocycles. The van der Waals surface area contributed by atoms with E-state index in [9.17, 15) is 0 Å². The van der Waals surface area contributed by atoms with Gasteiger partial charge in [0.15, 0.2) is 0 Å². The van der Waals surface area contributed by atoms with Gasteiger partial charge in [0.25, 0.3) is 0 Å². The van der Waals surface area contributed by atoms with Crippen LogP contribution in [0.4, 0.5) is 0 Å². The summed E-state index contributed by atoms with van der Waals surface area (Å²) in [6.07, 6.45) is 0. The molecule has 2 rings (SSSR count). The Morgan fingerprint density at radius 2 is 2.38 bits per heavy atom. The molecule has 0 spiro atoms. The molecule has 0 radical (unpaired) electrons. The number of nitriles is 1. The van der Waals surface area contributed by atoms with Crippen LogP contribution in [0.1, 0.15) is 10.6 Å². The highest BCUT2D eigenvalue weighted by molar-refractivity contribution is 7.15. The second-order valence-corrected chi connectivity index (χ2v) is 3.68. The second kappa shape index (κ2) is 3.04. The van der Waals surface area contributed by atoms with Gasteiger partial charge in [-0.3, -0.25) is 0 Å². The summed E-state index contributed by atoms with van der Waals surface area (Å²) in [7, 11) is 0. The Balaban J connectivity index is 2.42. The third-order valence-electron chi connectivity index (χ3n) is 1.60. The van der Waals surface area contributed by atoms with Gasteiger partial charge in [0.05, 0.1) is 4.88 Å². The fourth-order valence-corrected chi connectivity index (χ4v) is 1.77. The molecule has 64 valence electrons. The van der Waals surface area contributed by atoms with E-state index in [4.69, 9.17) is 9.78 Å². The minimum Gasteiger partial charge on any atom is -0.361 e. The summed E-state index contributed by atoms with van der Waals surface area (Å²) >= 11 is 1.42. The van der Waals surface area contributed by atoms with Crippen LogP contribution in [0.25, 0.3) is 10.6 Å². The van der Waals surface area contributed by atoms with E-state index in [1.54, 1.807) is 6.07 Å². The molecule has 0 amide bonds. The zero-order valence-corrected chi connectivity index (χ0v) is 7.76. The number of hydrogen-bond acceptors (Lipinski definition) is 4. The Labute approximate surface area is 79.2 Å². The lowest BCUT2D eigenvalue weighted by Gasteiger charge is -1.82. The second-order valence-electron chi connectivity index (χ2n) is 2.60. The summed E-state index contributed by atoms with van der Waals surface area (Å²) in [5.74, 6) is 0.780. The van der Waals surface area contributed by atoms with Crippen LogP contribution in [0.2, 0.25) is 0 Å². The first-order chi connectivity index (χ1) is 6.29. The topological polar surface area (TPSA) is 49.8 Å². The van der Waals surface area contributed by atoms with Crippen molar-refractivity contribution in [2.24, 2.45) is 0 Å². The van der Waals surface area contributed by atoms with Crippen molar-refractivity contribution in [3.63, 3.8) is 0 Å². The highest BCUT2D eigenvalue weighted by atomic mass is 32.1. The normalized spacial score (nSPS) is 9.85. The first-order valence-corrected chi connectivity index (χ1v) is 4.55. The van der Waals surface area contributed by atoms with E-state index in [2.05, 4.69) is 11.2 Å². The maximum absolute atomic E-state index is 8.62. The zero-order chi connectivity index (χ0) is 9.26. The molecule has 0 unspecified atom stereocenters. The van der Waals surface area contributed by atoms with Crippen LogP contribution in [0.5, 0.6) is 0 Å². The lowest BCUT2D eigenvalue weighted by atomic mass is 10.3. The molecule has 3 nitrogen and oxygen atoms in total. The summed E-state index contributed by atoms with van der Waals surface area (Å²) in [4.78, 5) is 1.66. The van der Waals surface area contributed by atoms with Gasteiger partial charge in [0.1, 0.15) is 22.4 Å². The number of hydrogen-bond donors (Lipinski definition) is 0. The molecule has 0 aliphatic carbocycles. The van der Waals surface area contributed by atoms with Crippen molar-refractivity contribution >= 4 is 11.3 Å². The standard InChI is InChI=1S/C9H6N2OS/c1-6-4-8(11-12-6)9-3-2-7(5-10)13-9/h2-4H,1H3. The third-order valence-corrected chi connectivity index (χ3v) is 2.61. The lowest BCUT2D eigenvalue weighted by Crippen LogP contribution is -1.66. The molecule has 2 aromatic rings. The predicted molar refractivity (Wildman–Crippen MR) is 49.3 cm³/mol. The quantitative estimate of drug-likeness (QED) is 0.694. The highest BCUT2D eigenvalue weighted by Gasteiger charge is 2.06. The fraction of sp³-hybridized carbons (Fsp3) is 0.111. The van der Waals surface area contributed by atoms with Crippen LogP contribution in [0.15, 0.2) is 22.7 Å². The van der Waals surface area contributed by atoms with E-state index < -0.39 is 0 Å². The third kappa shape index (κ3) is 1.46. The van der Waals surface area contributed by atoms with Crippen molar-refractivity contribution in [2.45, 2.75) is 6.92 Å². The summed E-state index contributed by atoms with van der Waals surface area (Å²) in [6.45, 7) is 1.84. The molecule has 0 aromatic carbocycles. The lowest BCUT2D eigenvalue weighted by molar-refractivity contribution is 0.400. The molecule has 0 atom stereocenters. The van der Waals surface area contributed by atoms with Gasteiger partial charge in [-0.15, -0.1) is 11.3 Å². The van der Waals surface area contributed by atoms with Gasteiger partial charge in [-0.2, -0.15) is 5.26 Å². The van der Waals surface area contributed by atoms with E-state index in [1.807, 2.05) is 19.1 Å². The van der Waals surface area contributed by atoms with Crippen LogP contribution >= 0.6 is 11.3 Å². The Kier molecular flexibility index (Phi) is 1.87. The van der Waals surface area contributed by atoms with Gasteiger partial charge in [0.2, 0.25) is 0 Å². The Morgan fingerprint density at radius 1 is 1.54 bits per heavy atom. The monoisotopic (exact) mass is 190 g/mol. The molecule has 0 fully saturated rings. The van der Waals surface area contributed by atoms with Crippen molar-refractivity contribution in [2.75, 3.05) is 0 Å². The number of rotatable bonds is 1. The molecule has 4 heteroatoms. The molecule has 13 heavy (non-hydrogen) atoms. The van der Waals surface area contributed by atoms with Crippen LogP contribution in [-0.4, -0.2) is 5.16 Å². The van der Waals surface area contributed by atoms with Gasteiger partial charge in [-0.25, -0.2) is 0 Å². The Hall–Kier alpha value is -1.60. The molecular weight excluding hydrogens is 184 g/mol. The van der Waals surface area contributed by atoms with Crippen LogP contribution in [0, 0.1) is 18.3 Å². The van der Waals surface area contributed by atoms with E-state index in [0.717, 1.165) is 16.3 Å². The van der Waals surface area contributed by atoms with E-state index in [0.29, 0.717) is 4.88 Å². The van der Waals surface area contributed by atoms with Crippen molar-refractivity contribution in [1.29, 1.82) is 5.26 Å². The minimum atomic E-state index is 0.690. The van der Waals surface area contributed by atoms with Gasteiger partial charge >= 0.3 is 0 Å². The smallest absolute Gasteiger partial charge is 0.134 e. The predicted octanol–water partition coefficient (Wildman–Crippen LogP) is 2.58. The molecule has 2 aromatic heterocycles. The van der Waals surface area contributed by atoms with Gasteiger partial charge < -0.3 is 4.52 Å². The summed E-state index contributed by atoms with van der Waals surface area (Å²) in [5, 5.41) is 12.5. The molecule has 0 saturated carbocycles. The van der Waals surface area contributed by atoms with Gasteiger partial charge in [-0.05, 0) is 19.1 Å². The number of aryl methyl sites for hydroxylation is 1. The molecule has 0 aliphatic heterocycles. The average molecular weight is 190 g/mol. The van der Waals surface area contributed by atoms with Gasteiger partial charge in [-0.1, -0.05) is 5.16 Å². The SMILES string of the molecule is Cc1cc(-c2ccc(C#N)s2)no1. The number of thiophene rings is 1. The fourth-order valence-electron chi connectivity index (χ4n) is 1.02. The first-order valence-electron chi connectivity index (χ1n) is 3.73. The van der Waals surface area contributed by atoms with Crippen molar-refractivity contribution < 1.29 is 4.52 Å². The van der Waals surface area contributed by atoms with E-state index >= 15 is 0 Å². The average Bonchev–Trinajstić information content (AvgIpc) is 2.71. The van der Waals surface area contributed by atoms with Gasteiger partial charge in [0, 0.05) is 6.07 Å². The highest BCUT2D eigenvalue weighted by Crippen LogP contribution is 2.26. The zero-order valence-electron chi connectivity index (χ0n) is 6.94. The van der Waals surface area contributed by atoms with Crippen molar-refractivity contribution in [3.05, 3.63) is 28.8 Å². The maximum atomic E-state index is 8.62. The largest absolute Gasteiger partial charge is 0.361 e. The van der Waals surface area contributed by atoms with Crippen molar-refractivity contribution in [1.82, 2.24) is 5.16 Å². The maximum Gasteiger partial charge on any atom is 0.134 e. The number of nitrogens with zero attached hydrogens (tertiary/aromatic N) is 2. The summed E-state index contributed by atoms with van der Waals surface area (Å²) in [5.41, 5.74) is 0.795. The minimum absolute atomic E-state index is 0.690. The van der Waals surface area contributed by atoms with Crippen LogP contribution in [0.3, 0.4) is 0 Å². The summed E-state index contributed by atoms with van der Waals surface area (Å²) in [6, 6.07) is 7.60. The molecular formula is C9H6N2OS. The molecule has 0 aliphatic rings.